The van der Waals surface area contributed by atoms with E-state index >= 15 is 0 Å². The molecule has 3 atom stereocenters. The molecule has 2 aliphatic rings. The van der Waals surface area contributed by atoms with Crippen LogP contribution in [0.1, 0.15) is 26.3 Å². The average Bonchev–Trinajstić information content (AvgIpc) is 3.23. The smallest absolute Gasteiger partial charge is 0.408 e. The molecule has 1 N–H and O–H groups in total. The van der Waals surface area contributed by atoms with Gasteiger partial charge in [0, 0.05) is 17.4 Å². The predicted octanol–water partition coefficient (Wildman–Crippen LogP) is 3.42. The van der Waals surface area contributed by atoms with Crippen molar-refractivity contribution < 1.29 is 22.7 Å². The molecule has 2 aliphatic heterocycles. The molecule has 2 saturated heterocycles. The number of nitrogens with one attached hydrogen (secondary N) is 1. The standard InChI is InChI=1S/C25H29N3O5S2/c1-25(2,3)33-24(30)26-19(14-17-10-6-4-7-11-17)22(29)27-23-28(18-12-8-5-9-13-18)20-15-35(31,32)16-21(20)34-23/h4-13,19-21H,14-16H2,1-3H3,(H,26,30)/t19-,20+,21-/m0/s1. The molecular formula is C25H29N3O5S2. The molecule has 2 amide bonds. The highest BCUT2D eigenvalue weighted by Gasteiger charge is 2.49. The second kappa shape index (κ2) is 10.0. The fraction of sp³-hybridized carbons (Fsp3) is 0.400. The van der Waals surface area contributed by atoms with Gasteiger partial charge >= 0.3 is 6.09 Å². The first kappa shape index (κ1) is 25.2. The average molecular weight is 516 g/mol. The third-order valence-electron chi connectivity index (χ3n) is 5.58. The van der Waals surface area contributed by atoms with Crippen LogP contribution in [-0.4, -0.2) is 60.0 Å². The lowest BCUT2D eigenvalue weighted by molar-refractivity contribution is -0.119. The van der Waals surface area contributed by atoms with Crippen molar-refractivity contribution in [1.82, 2.24) is 5.32 Å². The van der Waals surface area contributed by atoms with Crippen LogP contribution in [0.4, 0.5) is 10.5 Å². The highest BCUT2D eigenvalue weighted by molar-refractivity contribution is 8.16. The van der Waals surface area contributed by atoms with Crippen LogP contribution < -0.4 is 10.2 Å². The highest BCUT2D eigenvalue weighted by atomic mass is 32.2. The number of hydrogen-bond donors (Lipinski definition) is 1. The van der Waals surface area contributed by atoms with Gasteiger partial charge < -0.3 is 15.0 Å². The Labute approximate surface area is 210 Å². The van der Waals surface area contributed by atoms with E-state index in [0.29, 0.717) is 5.17 Å². The lowest BCUT2D eigenvalue weighted by Gasteiger charge is -2.25. The summed E-state index contributed by atoms with van der Waals surface area (Å²) < 4.78 is 29.9. The number of para-hydroxylation sites is 1. The monoisotopic (exact) mass is 515 g/mol. The zero-order valence-electron chi connectivity index (χ0n) is 19.9. The molecule has 0 unspecified atom stereocenters. The van der Waals surface area contributed by atoms with Crippen molar-refractivity contribution >= 4 is 44.5 Å². The predicted molar refractivity (Wildman–Crippen MR) is 138 cm³/mol. The lowest BCUT2D eigenvalue weighted by atomic mass is 10.1. The molecule has 0 bridgehead atoms. The summed E-state index contributed by atoms with van der Waals surface area (Å²) in [6, 6.07) is 17.4. The Bertz CT molecular complexity index is 1210. The van der Waals surface area contributed by atoms with Gasteiger partial charge in [-0.2, -0.15) is 4.99 Å². The summed E-state index contributed by atoms with van der Waals surface area (Å²) in [5.41, 5.74) is 0.921. The first-order chi connectivity index (χ1) is 16.5. The second-order valence-electron chi connectivity index (χ2n) is 9.63. The van der Waals surface area contributed by atoms with E-state index in [1.54, 1.807) is 20.8 Å². The van der Waals surface area contributed by atoms with Crippen LogP contribution >= 0.6 is 11.8 Å². The molecule has 35 heavy (non-hydrogen) atoms. The molecule has 2 heterocycles. The molecular weight excluding hydrogens is 486 g/mol. The Morgan fingerprint density at radius 2 is 1.71 bits per heavy atom. The van der Waals surface area contributed by atoms with Crippen LogP contribution in [0.3, 0.4) is 0 Å². The van der Waals surface area contributed by atoms with Gasteiger partial charge in [-0.05, 0) is 38.5 Å². The summed E-state index contributed by atoms with van der Waals surface area (Å²) in [5.74, 6) is -0.468. The number of carbonyl (C=O) groups excluding carboxylic acids is 2. The highest BCUT2D eigenvalue weighted by Crippen LogP contribution is 2.40. The first-order valence-corrected chi connectivity index (χ1v) is 14.1. The number of rotatable bonds is 5. The second-order valence-corrected chi connectivity index (χ2v) is 13.0. The number of hydrogen-bond acceptors (Lipinski definition) is 6. The van der Waals surface area contributed by atoms with Gasteiger partial charge in [0.25, 0.3) is 5.91 Å². The van der Waals surface area contributed by atoms with E-state index in [2.05, 4.69) is 10.3 Å². The number of amides is 2. The molecule has 0 saturated carbocycles. The maximum atomic E-state index is 13.4. The summed E-state index contributed by atoms with van der Waals surface area (Å²) in [7, 11) is -3.16. The summed E-state index contributed by atoms with van der Waals surface area (Å²) in [6.07, 6.45) is -0.457. The van der Waals surface area contributed by atoms with E-state index in [-0.39, 0.29) is 29.2 Å². The van der Waals surface area contributed by atoms with Gasteiger partial charge in [-0.3, -0.25) is 4.79 Å². The van der Waals surface area contributed by atoms with Crippen LogP contribution in [0.15, 0.2) is 65.7 Å². The Morgan fingerprint density at radius 3 is 2.34 bits per heavy atom. The number of benzene rings is 2. The first-order valence-electron chi connectivity index (χ1n) is 11.4. The third kappa shape index (κ3) is 6.43. The zero-order chi connectivity index (χ0) is 25.2. The molecule has 0 spiro atoms. The fourth-order valence-electron chi connectivity index (χ4n) is 4.13. The largest absolute Gasteiger partial charge is 0.444 e. The van der Waals surface area contributed by atoms with Gasteiger partial charge in [-0.15, -0.1) is 0 Å². The van der Waals surface area contributed by atoms with Crippen molar-refractivity contribution in [1.29, 1.82) is 0 Å². The van der Waals surface area contributed by atoms with E-state index < -0.39 is 33.5 Å². The molecule has 8 nitrogen and oxygen atoms in total. The van der Waals surface area contributed by atoms with E-state index in [9.17, 15) is 18.0 Å². The number of aliphatic imine (C=N–C) groups is 1. The van der Waals surface area contributed by atoms with Crippen LogP contribution in [0.2, 0.25) is 0 Å². The van der Waals surface area contributed by atoms with Gasteiger partial charge in [-0.1, -0.05) is 60.3 Å². The number of fused-ring (bicyclic) bond motifs is 1. The number of sulfone groups is 1. The summed E-state index contributed by atoms with van der Waals surface area (Å²) >= 11 is 1.30. The quantitative estimate of drug-likeness (QED) is 0.650. The Hall–Kier alpha value is -2.85. The summed E-state index contributed by atoms with van der Waals surface area (Å²) in [5, 5.41) is 2.90. The molecule has 0 radical (unpaired) electrons. The van der Waals surface area contributed by atoms with Crippen LogP contribution in [0.25, 0.3) is 0 Å². The minimum absolute atomic E-state index is 0.0103. The molecule has 2 aromatic carbocycles. The van der Waals surface area contributed by atoms with E-state index in [1.807, 2.05) is 65.6 Å². The normalized spacial score (nSPS) is 23.1. The van der Waals surface area contributed by atoms with E-state index in [4.69, 9.17) is 4.74 Å². The molecule has 0 aromatic heterocycles. The topological polar surface area (TPSA) is 105 Å². The number of carbonyl (C=O) groups is 2. The zero-order valence-corrected chi connectivity index (χ0v) is 21.5. The van der Waals surface area contributed by atoms with Crippen LogP contribution in [-0.2, 0) is 25.8 Å². The van der Waals surface area contributed by atoms with Gasteiger partial charge in [0.1, 0.15) is 11.6 Å². The van der Waals surface area contributed by atoms with Crippen molar-refractivity contribution in [3.8, 4) is 0 Å². The number of anilines is 1. The Balaban J connectivity index is 1.63. The minimum atomic E-state index is -3.16. The van der Waals surface area contributed by atoms with E-state index in [1.165, 1.54) is 11.8 Å². The minimum Gasteiger partial charge on any atom is -0.444 e. The van der Waals surface area contributed by atoms with Gasteiger partial charge in [0.2, 0.25) is 0 Å². The number of ether oxygens (including phenoxy) is 1. The number of nitrogens with zero attached hydrogens (tertiary/aromatic N) is 2. The maximum Gasteiger partial charge on any atom is 0.408 e. The molecule has 2 fully saturated rings. The molecule has 0 aliphatic carbocycles. The molecule has 2 aromatic rings. The number of amidine groups is 1. The van der Waals surface area contributed by atoms with Crippen molar-refractivity contribution in [2.24, 2.45) is 4.99 Å². The number of alkyl carbamates (subject to hydrolysis) is 1. The molecule has 10 heteroatoms. The van der Waals surface area contributed by atoms with Crippen LogP contribution in [0.5, 0.6) is 0 Å². The van der Waals surface area contributed by atoms with E-state index in [0.717, 1.165) is 11.3 Å². The third-order valence-corrected chi connectivity index (χ3v) is 8.79. The van der Waals surface area contributed by atoms with Crippen molar-refractivity contribution in [3.63, 3.8) is 0 Å². The van der Waals surface area contributed by atoms with Gasteiger partial charge in [-0.25, -0.2) is 13.2 Å². The summed E-state index contributed by atoms with van der Waals surface area (Å²) in [6.45, 7) is 5.25. The molecule has 4 rings (SSSR count). The number of thioether (sulfide) groups is 1. The van der Waals surface area contributed by atoms with Crippen LogP contribution in [0, 0.1) is 0 Å². The SMILES string of the molecule is CC(C)(C)OC(=O)N[C@@H](Cc1ccccc1)C(=O)N=C1S[C@H]2CS(=O)(=O)C[C@H]2N1c1ccccc1. The fourth-order valence-corrected chi connectivity index (χ4v) is 8.05. The lowest BCUT2D eigenvalue weighted by Crippen LogP contribution is -2.45. The molecule has 186 valence electrons. The van der Waals surface area contributed by atoms with Gasteiger partial charge in [0.05, 0.1) is 17.5 Å². The summed E-state index contributed by atoms with van der Waals surface area (Å²) in [4.78, 5) is 32.2. The van der Waals surface area contributed by atoms with Crippen molar-refractivity contribution in [2.45, 2.75) is 50.1 Å². The van der Waals surface area contributed by atoms with Crippen molar-refractivity contribution in [2.75, 3.05) is 16.4 Å². The van der Waals surface area contributed by atoms with Gasteiger partial charge in [0.15, 0.2) is 15.0 Å². The Kier molecular flexibility index (Phi) is 7.23. The van der Waals surface area contributed by atoms with Crippen molar-refractivity contribution in [3.05, 3.63) is 66.2 Å². The Morgan fingerprint density at radius 1 is 1.09 bits per heavy atom. The maximum absolute atomic E-state index is 13.4.